The minimum Gasteiger partial charge on any atom is -0.495 e. The molecular formula is C28H33ClN6O2S. The quantitative estimate of drug-likeness (QED) is 0.223. The van der Waals surface area contributed by atoms with Crippen LogP contribution >= 0.6 is 23.8 Å². The summed E-state index contributed by atoms with van der Waals surface area (Å²) in [7, 11) is 3.13. The summed E-state index contributed by atoms with van der Waals surface area (Å²) in [4.78, 5) is 16.1. The maximum absolute atomic E-state index is 6.26. The molecule has 0 spiro atoms. The molecule has 2 aromatic carbocycles. The first kappa shape index (κ1) is 27.6. The number of ether oxygens (including phenoxy) is 2. The van der Waals surface area contributed by atoms with E-state index in [9.17, 15) is 0 Å². The van der Waals surface area contributed by atoms with Crippen molar-refractivity contribution in [2.24, 2.45) is 10.9 Å². The number of piperidine rings is 1. The zero-order valence-corrected chi connectivity index (χ0v) is 23.7. The van der Waals surface area contributed by atoms with Crippen molar-refractivity contribution in [3.63, 3.8) is 0 Å². The molecule has 8 nitrogen and oxygen atoms in total. The number of benzene rings is 2. The minimum absolute atomic E-state index is 0.256. The number of aryl methyl sites for hydroxylation is 2. The van der Waals surface area contributed by atoms with E-state index in [-0.39, 0.29) is 5.11 Å². The number of thiocarbonyl (C=S) groups is 1. The van der Waals surface area contributed by atoms with Crippen LogP contribution in [0, 0.1) is 19.8 Å². The molecule has 38 heavy (non-hydrogen) atoms. The summed E-state index contributed by atoms with van der Waals surface area (Å²) in [6.45, 7) is 5.57. The number of aliphatic imine (C=N–C) groups is 1. The Kier molecular flexibility index (Phi) is 9.36. The zero-order chi connectivity index (χ0) is 27.1. The molecule has 0 amide bonds. The van der Waals surface area contributed by atoms with Crippen molar-refractivity contribution < 1.29 is 9.47 Å². The summed E-state index contributed by atoms with van der Waals surface area (Å²) in [6, 6.07) is 16.0. The highest BCUT2D eigenvalue weighted by Gasteiger charge is 2.23. The second-order valence-corrected chi connectivity index (χ2v) is 10.1. The molecule has 1 aromatic heterocycles. The van der Waals surface area contributed by atoms with Gasteiger partial charge in [0.05, 0.1) is 24.9 Å². The van der Waals surface area contributed by atoms with E-state index >= 15 is 0 Å². The lowest BCUT2D eigenvalue weighted by molar-refractivity contribution is 0.265. The number of halogens is 1. The monoisotopic (exact) mass is 552 g/mol. The fraction of sp³-hybridized carbons (Fsp3) is 0.357. The topological polar surface area (TPSA) is 83.9 Å². The molecule has 2 heterocycles. The maximum Gasteiger partial charge on any atom is 0.229 e. The normalized spacial score (nSPS) is 14.2. The Balaban J connectivity index is 1.54. The third-order valence-corrected chi connectivity index (χ3v) is 6.90. The van der Waals surface area contributed by atoms with Gasteiger partial charge in [0.25, 0.3) is 0 Å². The molecule has 1 fully saturated rings. The summed E-state index contributed by atoms with van der Waals surface area (Å²) >= 11 is 11.9. The van der Waals surface area contributed by atoms with Crippen LogP contribution in [0.25, 0.3) is 0 Å². The molecule has 1 saturated heterocycles. The number of aromatic nitrogens is 2. The third kappa shape index (κ3) is 7.33. The summed E-state index contributed by atoms with van der Waals surface area (Å²) in [5, 5.41) is 7.17. The molecule has 0 atom stereocenters. The molecule has 200 valence electrons. The Labute approximate surface area is 234 Å². The number of nitrogens with one attached hydrogen (secondary N) is 2. The van der Waals surface area contributed by atoms with Crippen molar-refractivity contribution >= 4 is 46.5 Å². The second kappa shape index (κ2) is 12.9. The summed E-state index contributed by atoms with van der Waals surface area (Å²) < 4.78 is 10.8. The van der Waals surface area contributed by atoms with E-state index in [0.29, 0.717) is 40.0 Å². The van der Waals surface area contributed by atoms with Crippen LogP contribution < -0.4 is 20.1 Å². The van der Waals surface area contributed by atoms with E-state index in [1.54, 1.807) is 26.4 Å². The van der Waals surface area contributed by atoms with Crippen LogP contribution in [-0.2, 0) is 6.42 Å². The van der Waals surface area contributed by atoms with Crippen molar-refractivity contribution in [3.8, 4) is 11.5 Å². The highest BCUT2D eigenvalue weighted by molar-refractivity contribution is 7.80. The van der Waals surface area contributed by atoms with Crippen molar-refractivity contribution in [1.29, 1.82) is 0 Å². The second-order valence-electron chi connectivity index (χ2n) is 9.27. The van der Waals surface area contributed by atoms with E-state index in [4.69, 9.17) is 38.3 Å². The van der Waals surface area contributed by atoms with E-state index in [1.807, 2.05) is 19.9 Å². The van der Waals surface area contributed by atoms with Gasteiger partial charge in [0.15, 0.2) is 0 Å². The number of anilines is 2. The molecule has 3 aromatic rings. The number of hydrogen-bond acceptors (Lipinski definition) is 5. The van der Waals surface area contributed by atoms with Gasteiger partial charge < -0.3 is 19.7 Å². The van der Waals surface area contributed by atoms with Crippen LogP contribution in [0.4, 0.5) is 11.6 Å². The number of nitrogens with zero attached hydrogens (tertiary/aromatic N) is 4. The summed E-state index contributed by atoms with van der Waals surface area (Å²) in [5.74, 6) is 2.74. The maximum atomic E-state index is 6.26. The van der Waals surface area contributed by atoms with Crippen molar-refractivity contribution in [2.45, 2.75) is 33.1 Å². The van der Waals surface area contributed by atoms with Crippen LogP contribution in [0.2, 0.25) is 5.02 Å². The Hall–Kier alpha value is -3.43. The molecule has 10 heteroatoms. The average Bonchev–Trinajstić information content (AvgIpc) is 2.89. The standard InChI is InChI=1S/C28H33ClN6O2S/c1-18-14-19(2)31-26(30-18)33-27(35-12-10-21(11-13-35)15-20-8-6-5-7-9-20)34-28(38)32-23-17-24(36-3)22(29)16-25(23)37-4/h5-9,14,16-17,21H,10-13,15H2,1-4H3,(H2,30,31,32,33,34,38). The molecule has 0 radical (unpaired) electrons. The number of methoxy groups -OCH3 is 2. The van der Waals surface area contributed by atoms with Gasteiger partial charge in [-0.2, -0.15) is 4.99 Å². The lowest BCUT2D eigenvalue weighted by Crippen LogP contribution is -2.43. The fourth-order valence-electron chi connectivity index (χ4n) is 4.55. The molecule has 2 N–H and O–H groups in total. The van der Waals surface area contributed by atoms with Gasteiger partial charge in [-0.3, -0.25) is 5.32 Å². The predicted molar refractivity (Wildman–Crippen MR) is 158 cm³/mol. The first-order valence-corrected chi connectivity index (χ1v) is 13.3. The summed E-state index contributed by atoms with van der Waals surface area (Å²) in [6.07, 6.45) is 3.17. The Morgan fingerprint density at radius 2 is 1.66 bits per heavy atom. The van der Waals surface area contributed by atoms with Gasteiger partial charge in [0.2, 0.25) is 17.0 Å². The summed E-state index contributed by atoms with van der Waals surface area (Å²) in [5.41, 5.74) is 3.73. The van der Waals surface area contributed by atoms with Gasteiger partial charge in [0, 0.05) is 36.6 Å². The van der Waals surface area contributed by atoms with Crippen LogP contribution in [0.5, 0.6) is 11.5 Å². The average molecular weight is 553 g/mol. The van der Waals surface area contributed by atoms with Crippen LogP contribution in [-0.4, -0.2) is 53.2 Å². The van der Waals surface area contributed by atoms with Crippen molar-refractivity contribution in [3.05, 3.63) is 70.5 Å². The smallest absolute Gasteiger partial charge is 0.229 e. The molecule has 1 aliphatic rings. The van der Waals surface area contributed by atoms with Crippen molar-refractivity contribution in [1.82, 2.24) is 14.9 Å². The molecule has 1 aliphatic heterocycles. The van der Waals surface area contributed by atoms with Gasteiger partial charge in [-0.25, -0.2) is 9.97 Å². The van der Waals surface area contributed by atoms with Gasteiger partial charge in [-0.05, 0) is 62.9 Å². The number of guanidine groups is 1. The van der Waals surface area contributed by atoms with Gasteiger partial charge in [-0.1, -0.05) is 41.9 Å². The molecule has 0 unspecified atom stereocenters. The highest BCUT2D eigenvalue weighted by atomic mass is 35.5. The van der Waals surface area contributed by atoms with Crippen LogP contribution in [0.3, 0.4) is 0 Å². The molecule has 0 bridgehead atoms. The first-order valence-electron chi connectivity index (χ1n) is 12.5. The molecule has 4 rings (SSSR count). The molecular weight excluding hydrogens is 520 g/mol. The van der Waals surface area contributed by atoms with Crippen molar-refractivity contribution in [2.75, 3.05) is 37.9 Å². The Morgan fingerprint density at radius 3 is 2.29 bits per heavy atom. The minimum atomic E-state index is 0.256. The first-order chi connectivity index (χ1) is 18.3. The lowest BCUT2D eigenvalue weighted by atomic mass is 9.90. The largest absolute Gasteiger partial charge is 0.495 e. The van der Waals surface area contributed by atoms with E-state index < -0.39 is 0 Å². The predicted octanol–water partition coefficient (Wildman–Crippen LogP) is 5.88. The Morgan fingerprint density at radius 1 is 1.00 bits per heavy atom. The van der Waals surface area contributed by atoms with E-state index in [0.717, 1.165) is 43.7 Å². The van der Waals surface area contributed by atoms with Gasteiger partial charge >= 0.3 is 0 Å². The number of likely N-dealkylation sites (tertiary alicyclic amines) is 1. The number of hydrogen-bond donors (Lipinski definition) is 2. The third-order valence-electron chi connectivity index (χ3n) is 6.41. The Bertz CT molecular complexity index is 1280. The van der Waals surface area contributed by atoms with Gasteiger partial charge in [-0.15, -0.1) is 0 Å². The fourth-order valence-corrected chi connectivity index (χ4v) is 4.98. The molecule has 0 aliphatic carbocycles. The van der Waals surface area contributed by atoms with Crippen LogP contribution in [0.15, 0.2) is 53.5 Å². The zero-order valence-electron chi connectivity index (χ0n) is 22.1. The molecule has 0 saturated carbocycles. The van der Waals surface area contributed by atoms with E-state index in [1.165, 1.54) is 5.56 Å². The lowest BCUT2D eigenvalue weighted by Gasteiger charge is -2.34. The van der Waals surface area contributed by atoms with E-state index in [2.05, 4.69) is 55.8 Å². The van der Waals surface area contributed by atoms with Crippen LogP contribution in [0.1, 0.15) is 29.8 Å². The highest BCUT2D eigenvalue weighted by Crippen LogP contribution is 2.36. The number of rotatable bonds is 6. The van der Waals surface area contributed by atoms with Gasteiger partial charge in [0.1, 0.15) is 11.5 Å². The SMILES string of the molecule is COc1cc(NC(=S)/N=C(/Nc2nc(C)cc(C)n2)N2CCC(Cc3ccccc3)CC2)c(OC)cc1Cl.